The van der Waals surface area contributed by atoms with E-state index in [0.717, 1.165) is 43.0 Å². The van der Waals surface area contributed by atoms with Crippen molar-refractivity contribution in [3.63, 3.8) is 0 Å². The molecule has 0 unspecified atom stereocenters. The number of nitrogens with one attached hydrogen (secondary N) is 2. The van der Waals surface area contributed by atoms with E-state index in [1.54, 1.807) is 4.90 Å². The fraction of sp³-hybridized carbons (Fsp3) is 0.423. The minimum absolute atomic E-state index is 0.0746. The number of amides is 3. The third-order valence-electron chi connectivity index (χ3n) is 6.74. The molecular formula is C26H32ClN5O3. The zero-order chi connectivity index (χ0) is 24.9. The first-order valence-electron chi connectivity index (χ1n) is 12.0. The van der Waals surface area contributed by atoms with Crippen LogP contribution in [0.4, 0.5) is 11.4 Å². The van der Waals surface area contributed by atoms with Crippen LogP contribution in [-0.4, -0.2) is 79.4 Å². The lowest BCUT2D eigenvalue weighted by Crippen LogP contribution is -2.60. The first-order chi connectivity index (χ1) is 16.8. The molecule has 2 fully saturated rings. The quantitative estimate of drug-likeness (QED) is 0.640. The monoisotopic (exact) mass is 497 g/mol. The fourth-order valence-corrected chi connectivity index (χ4v) is 4.65. The SMILES string of the molecule is Cc1ccc(NC(=O)C[C@H]2C(=O)NCCN2C(=O)CN2CCN(c3ccc(Cl)cc3)CC2)cc1C. The van der Waals surface area contributed by atoms with Gasteiger partial charge in [-0.1, -0.05) is 17.7 Å². The molecule has 0 aromatic heterocycles. The van der Waals surface area contributed by atoms with Crippen molar-refractivity contribution in [3.8, 4) is 0 Å². The summed E-state index contributed by atoms with van der Waals surface area (Å²) in [5.41, 5.74) is 4.01. The average molecular weight is 498 g/mol. The average Bonchev–Trinajstić information content (AvgIpc) is 2.84. The topological polar surface area (TPSA) is 85.0 Å². The van der Waals surface area contributed by atoms with E-state index in [0.29, 0.717) is 23.8 Å². The number of carbonyl (C=O) groups is 3. The third-order valence-corrected chi connectivity index (χ3v) is 7.00. The summed E-state index contributed by atoms with van der Waals surface area (Å²) in [6.07, 6.45) is -0.0746. The highest BCUT2D eigenvalue weighted by Gasteiger charge is 2.35. The molecule has 9 heteroatoms. The largest absolute Gasteiger partial charge is 0.369 e. The van der Waals surface area contributed by atoms with Crippen LogP contribution in [0, 0.1) is 13.8 Å². The summed E-state index contributed by atoms with van der Waals surface area (Å²) >= 11 is 5.99. The van der Waals surface area contributed by atoms with Gasteiger partial charge in [0.05, 0.1) is 13.0 Å². The number of rotatable bonds is 6. The Morgan fingerprint density at radius 3 is 2.40 bits per heavy atom. The molecule has 0 spiro atoms. The maximum absolute atomic E-state index is 13.2. The Hall–Kier alpha value is -3.10. The molecule has 2 N–H and O–H groups in total. The van der Waals surface area contributed by atoms with Gasteiger partial charge < -0.3 is 20.4 Å². The smallest absolute Gasteiger partial charge is 0.243 e. The summed E-state index contributed by atoms with van der Waals surface area (Å²) in [5.74, 6) is -0.694. The van der Waals surface area contributed by atoms with Crippen LogP contribution in [0.3, 0.4) is 0 Å². The zero-order valence-corrected chi connectivity index (χ0v) is 21.0. The summed E-state index contributed by atoms with van der Waals surface area (Å²) in [5, 5.41) is 6.36. The number of aryl methyl sites for hydroxylation is 2. The molecule has 1 atom stereocenters. The van der Waals surface area contributed by atoms with E-state index < -0.39 is 6.04 Å². The second kappa shape index (κ2) is 11.1. The number of piperazine rings is 2. The van der Waals surface area contributed by atoms with E-state index in [1.165, 1.54) is 0 Å². The zero-order valence-electron chi connectivity index (χ0n) is 20.2. The van der Waals surface area contributed by atoms with Gasteiger partial charge in [-0.3, -0.25) is 19.3 Å². The van der Waals surface area contributed by atoms with Gasteiger partial charge in [0, 0.05) is 55.7 Å². The number of nitrogens with zero attached hydrogens (tertiary/aromatic N) is 3. The molecule has 0 saturated carbocycles. The van der Waals surface area contributed by atoms with Crippen molar-refractivity contribution in [2.45, 2.75) is 26.3 Å². The Morgan fingerprint density at radius 2 is 1.71 bits per heavy atom. The van der Waals surface area contributed by atoms with Gasteiger partial charge in [-0.25, -0.2) is 0 Å². The van der Waals surface area contributed by atoms with Crippen molar-refractivity contribution in [1.29, 1.82) is 0 Å². The molecule has 0 radical (unpaired) electrons. The van der Waals surface area contributed by atoms with Gasteiger partial charge in [0.2, 0.25) is 17.7 Å². The van der Waals surface area contributed by atoms with Gasteiger partial charge in [0.15, 0.2) is 0 Å². The molecule has 2 saturated heterocycles. The van der Waals surface area contributed by atoms with Crippen LogP contribution in [0.15, 0.2) is 42.5 Å². The molecule has 0 aliphatic carbocycles. The minimum Gasteiger partial charge on any atom is -0.369 e. The standard InChI is InChI=1S/C26H32ClN5O3/c1-18-3-6-21(15-19(18)2)29-24(33)16-23-26(35)28-9-10-32(23)25(34)17-30-11-13-31(14-12-30)22-7-4-20(27)5-8-22/h3-8,15,23H,9-14,16-17H2,1-2H3,(H,28,35)(H,29,33)/t23-/m0/s1. The Labute approximate surface area is 211 Å². The van der Waals surface area contributed by atoms with Crippen molar-refractivity contribution in [1.82, 2.24) is 15.1 Å². The molecule has 3 amide bonds. The molecule has 2 aliphatic heterocycles. The van der Waals surface area contributed by atoms with E-state index in [4.69, 9.17) is 11.6 Å². The van der Waals surface area contributed by atoms with Crippen LogP contribution in [0.1, 0.15) is 17.5 Å². The van der Waals surface area contributed by atoms with E-state index in [-0.39, 0.29) is 30.7 Å². The second-order valence-electron chi connectivity index (χ2n) is 9.18. The molecule has 2 aliphatic rings. The molecule has 2 aromatic rings. The van der Waals surface area contributed by atoms with Crippen molar-refractivity contribution in [2.75, 3.05) is 56.0 Å². The van der Waals surface area contributed by atoms with E-state index in [9.17, 15) is 14.4 Å². The molecule has 8 nitrogen and oxygen atoms in total. The molecular weight excluding hydrogens is 466 g/mol. The van der Waals surface area contributed by atoms with Gasteiger partial charge in [-0.2, -0.15) is 0 Å². The summed E-state index contributed by atoms with van der Waals surface area (Å²) in [6, 6.07) is 12.6. The lowest BCUT2D eigenvalue weighted by atomic mass is 10.1. The molecule has 4 rings (SSSR count). The summed E-state index contributed by atoms with van der Waals surface area (Å²) < 4.78 is 0. The number of benzene rings is 2. The highest BCUT2D eigenvalue weighted by atomic mass is 35.5. The van der Waals surface area contributed by atoms with Crippen molar-refractivity contribution in [2.24, 2.45) is 0 Å². The number of hydrogen-bond donors (Lipinski definition) is 2. The minimum atomic E-state index is -0.807. The number of anilines is 2. The van der Waals surface area contributed by atoms with Crippen LogP contribution in [0.5, 0.6) is 0 Å². The van der Waals surface area contributed by atoms with Crippen molar-refractivity contribution >= 4 is 40.7 Å². The maximum Gasteiger partial charge on any atom is 0.243 e. The summed E-state index contributed by atoms with van der Waals surface area (Å²) in [4.78, 5) is 44.4. The first kappa shape index (κ1) is 25.0. The number of hydrogen-bond acceptors (Lipinski definition) is 5. The van der Waals surface area contributed by atoms with Crippen molar-refractivity contribution < 1.29 is 14.4 Å². The Bertz CT molecular complexity index is 1080. The number of halogens is 1. The molecule has 2 heterocycles. The van der Waals surface area contributed by atoms with Crippen LogP contribution in [0.2, 0.25) is 5.02 Å². The van der Waals surface area contributed by atoms with Gasteiger partial charge in [-0.15, -0.1) is 0 Å². The van der Waals surface area contributed by atoms with Gasteiger partial charge >= 0.3 is 0 Å². The van der Waals surface area contributed by atoms with Gasteiger partial charge in [0.25, 0.3) is 0 Å². The fourth-order valence-electron chi connectivity index (χ4n) is 4.52. The van der Waals surface area contributed by atoms with Gasteiger partial charge in [0.1, 0.15) is 6.04 Å². The normalized spacial score (nSPS) is 18.8. The van der Waals surface area contributed by atoms with Crippen LogP contribution >= 0.6 is 11.6 Å². The predicted molar refractivity (Wildman–Crippen MR) is 138 cm³/mol. The second-order valence-corrected chi connectivity index (χ2v) is 9.62. The lowest BCUT2D eigenvalue weighted by Gasteiger charge is -2.39. The predicted octanol–water partition coefficient (Wildman–Crippen LogP) is 2.43. The third kappa shape index (κ3) is 6.32. The maximum atomic E-state index is 13.2. The molecule has 35 heavy (non-hydrogen) atoms. The van der Waals surface area contributed by atoms with Gasteiger partial charge in [-0.05, 0) is 61.4 Å². The Balaban J connectivity index is 1.32. The Morgan fingerprint density at radius 1 is 1.00 bits per heavy atom. The highest BCUT2D eigenvalue weighted by molar-refractivity contribution is 6.30. The van der Waals surface area contributed by atoms with E-state index in [1.807, 2.05) is 56.3 Å². The first-order valence-corrected chi connectivity index (χ1v) is 12.3. The Kier molecular flexibility index (Phi) is 7.93. The summed E-state index contributed by atoms with van der Waals surface area (Å²) in [6.45, 7) is 8.11. The number of carbonyl (C=O) groups excluding carboxylic acids is 3. The molecule has 0 bridgehead atoms. The van der Waals surface area contributed by atoms with Crippen LogP contribution in [-0.2, 0) is 14.4 Å². The van der Waals surface area contributed by atoms with Crippen molar-refractivity contribution in [3.05, 3.63) is 58.6 Å². The molecule has 2 aromatic carbocycles. The molecule has 186 valence electrons. The lowest BCUT2D eigenvalue weighted by molar-refractivity contribution is -0.145. The van der Waals surface area contributed by atoms with Crippen LogP contribution < -0.4 is 15.5 Å². The van der Waals surface area contributed by atoms with E-state index in [2.05, 4.69) is 20.4 Å². The van der Waals surface area contributed by atoms with Crippen LogP contribution in [0.25, 0.3) is 0 Å². The van der Waals surface area contributed by atoms with E-state index >= 15 is 0 Å². The summed E-state index contributed by atoms with van der Waals surface area (Å²) in [7, 11) is 0. The highest BCUT2D eigenvalue weighted by Crippen LogP contribution is 2.20.